The number of alkyl halides is 3. The quantitative estimate of drug-likeness (QED) is 0.700. The van der Waals surface area contributed by atoms with E-state index in [9.17, 15) is 27.6 Å². The Morgan fingerprint density at radius 3 is 2.36 bits per heavy atom. The number of piperidine rings is 1. The summed E-state index contributed by atoms with van der Waals surface area (Å²) in [5, 5.41) is 3.39. The van der Waals surface area contributed by atoms with Gasteiger partial charge in [-0.25, -0.2) is 4.68 Å². The van der Waals surface area contributed by atoms with Crippen molar-refractivity contribution in [2.24, 2.45) is 13.0 Å². The third-order valence-corrected chi connectivity index (χ3v) is 5.34. The molecule has 1 aromatic rings. The molecular weight excluding hydrogens is 377 g/mol. The number of halogens is 3. The Kier molecular flexibility index (Phi) is 5.31. The number of aryl methyl sites for hydroxylation is 1. The highest BCUT2D eigenvalue weighted by atomic mass is 19.4. The van der Waals surface area contributed by atoms with Crippen LogP contribution in [0.4, 0.5) is 13.2 Å². The van der Waals surface area contributed by atoms with Crippen LogP contribution in [0.15, 0.2) is 17.4 Å². The fourth-order valence-electron chi connectivity index (χ4n) is 3.82. The first-order valence-corrected chi connectivity index (χ1v) is 9.00. The van der Waals surface area contributed by atoms with Gasteiger partial charge in [-0.2, -0.15) is 18.3 Å². The van der Waals surface area contributed by atoms with E-state index in [1.54, 1.807) is 4.90 Å². The predicted octanol–water partition coefficient (Wildman–Crippen LogP) is 1.11. The molecule has 2 amide bonds. The van der Waals surface area contributed by atoms with E-state index < -0.39 is 17.4 Å². The van der Waals surface area contributed by atoms with Gasteiger partial charge in [-0.3, -0.25) is 14.4 Å². The first kappa shape index (κ1) is 20.1. The molecule has 2 aliphatic heterocycles. The Labute approximate surface area is 159 Å². The molecule has 0 bridgehead atoms. The number of carbonyl (C=O) groups is 2. The Bertz CT molecular complexity index is 870. The summed E-state index contributed by atoms with van der Waals surface area (Å²) in [6, 6.07) is 0. The van der Waals surface area contributed by atoms with Crippen molar-refractivity contribution in [3.05, 3.63) is 39.8 Å². The molecule has 1 saturated heterocycles. The van der Waals surface area contributed by atoms with Gasteiger partial charge in [-0.15, -0.1) is 0 Å². The molecule has 1 aromatic heterocycles. The summed E-state index contributed by atoms with van der Waals surface area (Å²) in [6.45, 7) is 4.15. The van der Waals surface area contributed by atoms with Crippen LogP contribution in [0.1, 0.15) is 29.7 Å². The Hall–Kier alpha value is -2.65. The Morgan fingerprint density at radius 1 is 1.14 bits per heavy atom. The summed E-state index contributed by atoms with van der Waals surface area (Å²) in [5.41, 5.74) is -1.82. The third kappa shape index (κ3) is 3.67. The van der Waals surface area contributed by atoms with Crippen LogP contribution in [0.25, 0.3) is 0 Å². The fourth-order valence-corrected chi connectivity index (χ4v) is 3.82. The van der Waals surface area contributed by atoms with Gasteiger partial charge < -0.3 is 9.80 Å². The van der Waals surface area contributed by atoms with E-state index in [1.807, 2.05) is 0 Å². The maximum atomic E-state index is 13.4. The lowest BCUT2D eigenvalue weighted by Gasteiger charge is -2.36. The zero-order chi connectivity index (χ0) is 20.6. The van der Waals surface area contributed by atoms with Gasteiger partial charge in [0.15, 0.2) is 5.69 Å². The van der Waals surface area contributed by atoms with Gasteiger partial charge in [0, 0.05) is 50.3 Å². The molecule has 0 radical (unpaired) electrons. The first-order valence-electron chi connectivity index (χ1n) is 9.00. The molecule has 3 heterocycles. The molecule has 0 aliphatic carbocycles. The molecule has 0 aromatic carbocycles. The second-order valence-electron chi connectivity index (χ2n) is 7.05. The van der Waals surface area contributed by atoms with Crippen LogP contribution in [0.5, 0.6) is 0 Å². The molecule has 2 aliphatic rings. The van der Waals surface area contributed by atoms with E-state index in [0.717, 1.165) is 0 Å². The number of carbonyl (C=O) groups excluding carboxylic acids is 2. The molecule has 10 heteroatoms. The highest BCUT2D eigenvalue weighted by molar-refractivity contribution is 5.87. The smallest absolute Gasteiger partial charge is 0.339 e. The Morgan fingerprint density at radius 2 is 1.79 bits per heavy atom. The standard InChI is InChI=1S/C18H21F3N4O3/c1-3-14(26)24-7-4-11(5-8-24)16(27)25-9-6-12-13(10-25)15(18(19,20)21)22-23(2)17(12)28/h3,11H,1,4-10H2,2H3. The van der Waals surface area contributed by atoms with E-state index in [4.69, 9.17) is 0 Å². The van der Waals surface area contributed by atoms with Gasteiger partial charge in [0.2, 0.25) is 11.8 Å². The molecule has 0 N–H and O–H groups in total. The van der Waals surface area contributed by atoms with Crippen LogP contribution < -0.4 is 5.56 Å². The van der Waals surface area contributed by atoms with Crippen molar-refractivity contribution in [2.45, 2.75) is 32.0 Å². The molecule has 1 fully saturated rings. The maximum absolute atomic E-state index is 13.4. The monoisotopic (exact) mass is 398 g/mol. The van der Waals surface area contributed by atoms with Crippen LogP contribution in [0.3, 0.4) is 0 Å². The minimum Gasteiger partial charge on any atom is -0.339 e. The first-order chi connectivity index (χ1) is 13.1. The van der Waals surface area contributed by atoms with Crippen molar-refractivity contribution in [3.63, 3.8) is 0 Å². The van der Waals surface area contributed by atoms with E-state index >= 15 is 0 Å². The molecule has 0 atom stereocenters. The highest BCUT2D eigenvalue weighted by Gasteiger charge is 2.41. The topological polar surface area (TPSA) is 75.5 Å². The molecule has 0 unspecified atom stereocenters. The average Bonchev–Trinajstić information content (AvgIpc) is 2.68. The molecule has 28 heavy (non-hydrogen) atoms. The fraction of sp³-hybridized carbons (Fsp3) is 0.556. The number of nitrogens with zero attached hydrogens (tertiary/aromatic N) is 4. The lowest BCUT2D eigenvalue weighted by molar-refractivity contribution is -0.145. The number of fused-ring (bicyclic) bond motifs is 1. The number of rotatable bonds is 2. The van der Waals surface area contributed by atoms with Gasteiger partial charge in [-0.05, 0) is 25.3 Å². The molecule has 3 rings (SSSR count). The molecular formula is C18H21F3N4O3. The second kappa shape index (κ2) is 7.40. The van der Waals surface area contributed by atoms with Crippen LogP contribution in [0, 0.1) is 5.92 Å². The normalized spacial score (nSPS) is 18.0. The van der Waals surface area contributed by atoms with Crippen LogP contribution in [0.2, 0.25) is 0 Å². The van der Waals surface area contributed by atoms with E-state index in [0.29, 0.717) is 30.6 Å². The van der Waals surface area contributed by atoms with Crippen molar-refractivity contribution in [1.29, 1.82) is 0 Å². The number of hydrogen-bond donors (Lipinski definition) is 0. The SMILES string of the molecule is C=CC(=O)N1CCC(C(=O)N2CCc3c(c(C(F)(F)F)nn(C)c3=O)C2)CC1. The van der Waals surface area contributed by atoms with Crippen LogP contribution in [-0.4, -0.2) is 51.0 Å². The van der Waals surface area contributed by atoms with E-state index in [2.05, 4.69) is 11.7 Å². The zero-order valence-corrected chi connectivity index (χ0v) is 15.5. The van der Waals surface area contributed by atoms with Gasteiger partial charge in [0.1, 0.15) is 0 Å². The van der Waals surface area contributed by atoms with Gasteiger partial charge in [0.25, 0.3) is 5.56 Å². The molecule has 0 spiro atoms. The van der Waals surface area contributed by atoms with E-state index in [1.165, 1.54) is 18.0 Å². The summed E-state index contributed by atoms with van der Waals surface area (Å²) in [7, 11) is 1.19. The third-order valence-electron chi connectivity index (χ3n) is 5.34. The summed E-state index contributed by atoms with van der Waals surface area (Å²) >= 11 is 0. The van der Waals surface area contributed by atoms with Crippen molar-refractivity contribution in [2.75, 3.05) is 19.6 Å². The van der Waals surface area contributed by atoms with Gasteiger partial charge in [0.05, 0.1) is 0 Å². The van der Waals surface area contributed by atoms with Crippen molar-refractivity contribution >= 4 is 11.8 Å². The maximum Gasteiger partial charge on any atom is 0.435 e. The van der Waals surface area contributed by atoms with Crippen LogP contribution in [-0.2, 0) is 35.8 Å². The number of hydrogen-bond acceptors (Lipinski definition) is 4. The second-order valence-corrected chi connectivity index (χ2v) is 7.05. The minimum absolute atomic E-state index is 0.0626. The van der Waals surface area contributed by atoms with Gasteiger partial charge >= 0.3 is 6.18 Å². The Balaban J connectivity index is 1.79. The largest absolute Gasteiger partial charge is 0.435 e. The summed E-state index contributed by atoms with van der Waals surface area (Å²) < 4.78 is 40.9. The van der Waals surface area contributed by atoms with Gasteiger partial charge in [-0.1, -0.05) is 6.58 Å². The summed E-state index contributed by atoms with van der Waals surface area (Å²) in [4.78, 5) is 39.6. The summed E-state index contributed by atoms with van der Waals surface area (Å²) in [6.07, 6.45) is -2.54. The number of aromatic nitrogens is 2. The highest BCUT2D eigenvalue weighted by Crippen LogP contribution is 2.33. The number of likely N-dealkylation sites (tertiary alicyclic amines) is 1. The minimum atomic E-state index is -4.71. The lowest BCUT2D eigenvalue weighted by Crippen LogP contribution is -2.47. The molecule has 0 saturated carbocycles. The van der Waals surface area contributed by atoms with Crippen molar-refractivity contribution in [3.8, 4) is 0 Å². The molecule has 152 valence electrons. The summed E-state index contributed by atoms with van der Waals surface area (Å²) in [5.74, 6) is -0.802. The van der Waals surface area contributed by atoms with E-state index in [-0.39, 0.29) is 48.4 Å². The average molecular weight is 398 g/mol. The zero-order valence-electron chi connectivity index (χ0n) is 15.5. The predicted molar refractivity (Wildman–Crippen MR) is 93.1 cm³/mol. The molecule has 7 nitrogen and oxygen atoms in total. The van der Waals surface area contributed by atoms with Crippen molar-refractivity contribution in [1.82, 2.24) is 19.6 Å². The lowest BCUT2D eigenvalue weighted by atomic mass is 9.93. The van der Waals surface area contributed by atoms with Crippen LogP contribution >= 0.6 is 0 Å². The van der Waals surface area contributed by atoms with Crippen molar-refractivity contribution < 1.29 is 22.8 Å². The number of amides is 2.